The summed E-state index contributed by atoms with van der Waals surface area (Å²) in [4.78, 5) is 48.5. The van der Waals surface area contributed by atoms with Crippen molar-refractivity contribution in [1.29, 1.82) is 0 Å². The quantitative estimate of drug-likeness (QED) is 0.352. The Balaban J connectivity index is 1.44. The maximum absolute atomic E-state index is 13.8. The predicted octanol–water partition coefficient (Wildman–Crippen LogP) is 5.69. The number of anilines is 1. The van der Waals surface area contributed by atoms with Crippen LogP contribution in [-0.4, -0.2) is 53.0 Å². The molecule has 0 saturated heterocycles. The maximum atomic E-state index is 13.8. The lowest BCUT2D eigenvalue weighted by atomic mass is 9.95. The number of aromatic nitrogens is 1. The lowest BCUT2D eigenvalue weighted by Crippen LogP contribution is -2.38. The van der Waals surface area contributed by atoms with E-state index in [0.29, 0.717) is 35.1 Å². The van der Waals surface area contributed by atoms with Crippen LogP contribution in [0.2, 0.25) is 0 Å². The molecular formula is C31H37N3O5S. The molecule has 40 heavy (non-hydrogen) atoms. The second-order valence-corrected chi connectivity index (χ2v) is 11.8. The standard InChI is InChI=1S/C31H37N3O5S/c1-5-24(28(35)33-29-27(30(36)38-6-2)20-12-8-10-14-25(20)40-29)39-31(37)26-19-11-7-9-13-22(19)32-23-15-16-34(18(3)4)17-21(23)26/h7,9,11,13,18,24H,5-6,8,10,12,14-17H2,1-4H3,(H,33,35). The van der Waals surface area contributed by atoms with Gasteiger partial charge < -0.3 is 14.8 Å². The number of carbonyl (C=O) groups is 3. The predicted molar refractivity (Wildman–Crippen MR) is 156 cm³/mol. The fourth-order valence-electron chi connectivity index (χ4n) is 5.66. The van der Waals surface area contributed by atoms with Crippen LogP contribution in [0.25, 0.3) is 10.9 Å². The molecule has 1 N–H and O–H groups in total. The minimum absolute atomic E-state index is 0.254. The summed E-state index contributed by atoms with van der Waals surface area (Å²) in [5.74, 6) is -1.40. The molecule has 0 fully saturated rings. The third kappa shape index (κ3) is 5.49. The van der Waals surface area contributed by atoms with Gasteiger partial charge in [0.15, 0.2) is 6.10 Å². The summed E-state index contributed by atoms with van der Waals surface area (Å²) in [7, 11) is 0. The number of ether oxygens (including phenoxy) is 2. The van der Waals surface area contributed by atoms with E-state index in [9.17, 15) is 14.4 Å². The van der Waals surface area contributed by atoms with E-state index in [1.54, 1.807) is 6.92 Å². The van der Waals surface area contributed by atoms with Gasteiger partial charge in [0, 0.05) is 47.1 Å². The van der Waals surface area contributed by atoms with E-state index in [1.807, 2.05) is 31.2 Å². The Bertz CT molecular complexity index is 1450. The fraction of sp³-hybridized carbons (Fsp3) is 0.484. The molecule has 0 radical (unpaired) electrons. The molecule has 1 aliphatic heterocycles. The Labute approximate surface area is 239 Å². The van der Waals surface area contributed by atoms with Gasteiger partial charge in [-0.2, -0.15) is 0 Å². The van der Waals surface area contributed by atoms with Crippen molar-refractivity contribution < 1.29 is 23.9 Å². The number of nitrogens with zero attached hydrogens (tertiary/aromatic N) is 2. The summed E-state index contributed by atoms with van der Waals surface area (Å²) in [6.45, 7) is 9.58. The first-order valence-corrected chi connectivity index (χ1v) is 15.1. The van der Waals surface area contributed by atoms with E-state index < -0.39 is 23.9 Å². The second kappa shape index (κ2) is 12.1. The molecule has 1 aromatic carbocycles. The number of thiophene rings is 1. The van der Waals surface area contributed by atoms with Crippen molar-refractivity contribution in [3.8, 4) is 0 Å². The van der Waals surface area contributed by atoms with Crippen molar-refractivity contribution in [2.24, 2.45) is 0 Å². The van der Waals surface area contributed by atoms with E-state index >= 15 is 0 Å². The number of rotatable bonds is 8. The maximum Gasteiger partial charge on any atom is 0.341 e. The smallest absolute Gasteiger partial charge is 0.341 e. The number of fused-ring (bicyclic) bond motifs is 3. The van der Waals surface area contributed by atoms with Crippen molar-refractivity contribution in [3.05, 3.63) is 57.1 Å². The molecule has 0 bridgehead atoms. The molecule has 2 aliphatic rings. The summed E-state index contributed by atoms with van der Waals surface area (Å²) in [5.41, 5.74) is 4.42. The Kier molecular flexibility index (Phi) is 8.51. The zero-order valence-electron chi connectivity index (χ0n) is 23.7. The molecule has 3 heterocycles. The highest BCUT2D eigenvalue weighted by Gasteiger charge is 2.32. The van der Waals surface area contributed by atoms with E-state index in [2.05, 4.69) is 24.1 Å². The minimum atomic E-state index is -1.02. The Morgan fingerprint density at radius 3 is 2.55 bits per heavy atom. The molecule has 1 atom stereocenters. The van der Waals surface area contributed by atoms with Crippen LogP contribution >= 0.6 is 11.3 Å². The molecular weight excluding hydrogens is 526 g/mol. The van der Waals surface area contributed by atoms with Crippen molar-refractivity contribution in [2.75, 3.05) is 18.5 Å². The van der Waals surface area contributed by atoms with Crippen molar-refractivity contribution in [2.45, 2.75) is 84.9 Å². The van der Waals surface area contributed by atoms with Gasteiger partial charge in [0.25, 0.3) is 5.91 Å². The van der Waals surface area contributed by atoms with Gasteiger partial charge in [-0.25, -0.2) is 9.59 Å². The second-order valence-electron chi connectivity index (χ2n) is 10.7. The largest absolute Gasteiger partial charge is 0.462 e. The molecule has 0 spiro atoms. The lowest BCUT2D eigenvalue weighted by molar-refractivity contribution is -0.124. The summed E-state index contributed by atoms with van der Waals surface area (Å²) in [5, 5.41) is 4.12. The Morgan fingerprint density at radius 2 is 1.80 bits per heavy atom. The number of amides is 1. The van der Waals surface area contributed by atoms with Gasteiger partial charge in [-0.3, -0.25) is 14.7 Å². The first-order chi connectivity index (χ1) is 19.3. The molecule has 1 unspecified atom stereocenters. The summed E-state index contributed by atoms with van der Waals surface area (Å²) in [6, 6.07) is 7.90. The van der Waals surface area contributed by atoms with Crippen LogP contribution in [0.5, 0.6) is 0 Å². The van der Waals surface area contributed by atoms with Gasteiger partial charge in [0.1, 0.15) is 5.00 Å². The molecule has 1 aliphatic carbocycles. The van der Waals surface area contributed by atoms with Gasteiger partial charge in [-0.05, 0) is 64.5 Å². The fourth-order valence-corrected chi connectivity index (χ4v) is 6.94. The van der Waals surface area contributed by atoms with E-state index in [1.165, 1.54) is 11.3 Å². The van der Waals surface area contributed by atoms with Gasteiger partial charge in [0.05, 0.1) is 23.3 Å². The molecule has 1 amide bonds. The molecule has 2 aromatic heterocycles. The number of esters is 2. The van der Waals surface area contributed by atoms with Crippen LogP contribution in [0.15, 0.2) is 24.3 Å². The number of para-hydroxylation sites is 1. The molecule has 212 valence electrons. The molecule has 3 aromatic rings. The average molecular weight is 564 g/mol. The summed E-state index contributed by atoms with van der Waals surface area (Å²) < 4.78 is 11.3. The van der Waals surface area contributed by atoms with E-state index in [0.717, 1.165) is 71.2 Å². The van der Waals surface area contributed by atoms with Crippen LogP contribution in [0.1, 0.15) is 89.4 Å². The highest BCUT2D eigenvalue weighted by atomic mass is 32.1. The lowest BCUT2D eigenvalue weighted by Gasteiger charge is -2.32. The van der Waals surface area contributed by atoms with E-state index in [4.69, 9.17) is 14.5 Å². The van der Waals surface area contributed by atoms with Crippen molar-refractivity contribution >= 4 is 45.1 Å². The van der Waals surface area contributed by atoms with E-state index in [-0.39, 0.29) is 6.61 Å². The zero-order chi connectivity index (χ0) is 28.4. The van der Waals surface area contributed by atoms with Crippen molar-refractivity contribution in [3.63, 3.8) is 0 Å². The van der Waals surface area contributed by atoms with Crippen molar-refractivity contribution in [1.82, 2.24) is 9.88 Å². The molecule has 8 nitrogen and oxygen atoms in total. The number of benzene rings is 1. The third-order valence-corrected chi connectivity index (χ3v) is 9.02. The monoisotopic (exact) mass is 563 g/mol. The first-order valence-electron chi connectivity index (χ1n) is 14.3. The Morgan fingerprint density at radius 1 is 1.02 bits per heavy atom. The number of nitrogens with one attached hydrogen (secondary N) is 1. The number of hydrogen-bond donors (Lipinski definition) is 1. The SMILES string of the molecule is CCOC(=O)c1c(NC(=O)C(CC)OC(=O)c2c3c(nc4ccccc24)CCN(C(C)C)C3)sc2c1CCCC2. The van der Waals surface area contributed by atoms with Gasteiger partial charge in [0.2, 0.25) is 0 Å². The number of aryl methyl sites for hydroxylation is 1. The van der Waals surface area contributed by atoms with Gasteiger partial charge >= 0.3 is 11.9 Å². The van der Waals surface area contributed by atoms with Crippen LogP contribution in [0, 0.1) is 0 Å². The van der Waals surface area contributed by atoms with Gasteiger partial charge in [-0.15, -0.1) is 11.3 Å². The minimum Gasteiger partial charge on any atom is -0.462 e. The van der Waals surface area contributed by atoms with Gasteiger partial charge in [-0.1, -0.05) is 25.1 Å². The molecule has 9 heteroatoms. The first kappa shape index (κ1) is 28.2. The highest BCUT2D eigenvalue weighted by Crippen LogP contribution is 2.39. The zero-order valence-corrected chi connectivity index (χ0v) is 24.5. The van der Waals surface area contributed by atoms with Crippen LogP contribution in [0.4, 0.5) is 5.00 Å². The summed E-state index contributed by atoms with van der Waals surface area (Å²) >= 11 is 1.42. The van der Waals surface area contributed by atoms with Crippen LogP contribution in [0.3, 0.4) is 0 Å². The molecule has 5 rings (SSSR count). The third-order valence-electron chi connectivity index (χ3n) is 7.81. The number of pyridine rings is 1. The number of carbonyl (C=O) groups excluding carboxylic acids is 3. The summed E-state index contributed by atoms with van der Waals surface area (Å²) in [6.07, 6.45) is 3.73. The number of hydrogen-bond acceptors (Lipinski definition) is 8. The van der Waals surface area contributed by atoms with Crippen LogP contribution in [-0.2, 0) is 40.1 Å². The average Bonchev–Trinajstić information content (AvgIpc) is 3.31. The highest BCUT2D eigenvalue weighted by molar-refractivity contribution is 7.17. The van der Waals surface area contributed by atoms with Crippen LogP contribution < -0.4 is 5.32 Å². The normalized spacial score (nSPS) is 15.8. The Hall–Kier alpha value is -3.30. The molecule has 0 saturated carbocycles. The topological polar surface area (TPSA) is 97.8 Å².